The van der Waals surface area contributed by atoms with E-state index in [2.05, 4.69) is 15.4 Å². The third-order valence-corrected chi connectivity index (χ3v) is 4.81. The molecule has 0 unspecified atom stereocenters. The number of carbonyl (C=O) groups excluding carboxylic acids is 2. The van der Waals surface area contributed by atoms with Crippen molar-refractivity contribution in [1.82, 2.24) is 10.6 Å². The summed E-state index contributed by atoms with van der Waals surface area (Å²) in [7, 11) is 0. The highest BCUT2D eigenvalue weighted by molar-refractivity contribution is 5.81. The van der Waals surface area contributed by atoms with Gasteiger partial charge in [0.1, 0.15) is 13.2 Å². The number of hydrogen-bond acceptors (Lipinski definition) is 9. The van der Waals surface area contributed by atoms with Gasteiger partial charge in [-0.1, -0.05) is 19.3 Å². The van der Waals surface area contributed by atoms with Crippen LogP contribution in [0.1, 0.15) is 57.8 Å². The molecular formula is C20H42N6O6. The molecule has 12 nitrogen and oxygen atoms in total. The Bertz CT molecular complexity index is 525. The summed E-state index contributed by atoms with van der Waals surface area (Å²) in [6.07, 6.45) is 3.96. The molecule has 0 heterocycles. The van der Waals surface area contributed by atoms with Crippen molar-refractivity contribution in [3.8, 4) is 0 Å². The van der Waals surface area contributed by atoms with Gasteiger partial charge in [0, 0.05) is 0 Å². The first-order valence-corrected chi connectivity index (χ1v) is 11.3. The maximum atomic E-state index is 12.4. The average Bonchev–Trinajstić information content (AvgIpc) is 2.75. The van der Waals surface area contributed by atoms with E-state index in [0.717, 1.165) is 32.1 Å². The largest absolute Gasteiger partial charge is 0.505 e. The van der Waals surface area contributed by atoms with E-state index in [1.54, 1.807) is 0 Å². The highest BCUT2D eigenvalue weighted by atomic mass is 16.7. The van der Waals surface area contributed by atoms with Crippen LogP contribution in [0.4, 0.5) is 9.59 Å². The lowest BCUT2D eigenvalue weighted by molar-refractivity contribution is -0.123. The summed E-state index contributed by atoms with van der Waals surface area (Å²) in [5.41, 5.74) is 22.4. The second kappa shape index (κ2) is 19.5. The normalized spacial score (nSPS) is 13.6. The van der Waals surface area contributed by atoms with Crippen LogP contribution in [-0.4, -0.2) is 74.2 Å². The van der Waals surface area contributed by atoms with Crippen LogP contribution in [0.15, 0.2) is 0 Å². The zero-order valence-electron chi connectivity index (χ0n) is 18.9. The number of rotatable bonds is 19. The Morgan fingerprint density at radius 3 is 1.69 bits per heavy atom. The second-order valence-electron chi connectivity index (χ2n) is 7.68. The van der Waals surface area contributed by atoms with Gasteiger partial charge in [-0.25, -0.2) is 9.59 Å². The molecule has 0 aromatic rings. The molecule has 0 saturated heterocycles. The van der Waals surface area contributed by atoms with Crippen LogP contribution >= 0.6 is 0 Å². The summed E-state index contributed by atoms with van der Waals surface area (Å²) in [5, 5.41) is 14.1. The molecule has 188 valence electrons. The molecule has 0 aliphatic rings. The van der Waals surface area contributed by atoms with Gasteiger partial charge in [0.15, 0.2) is 0 Å². The van der Waals surface area contributed by atoms with E-state index in [4.69, 9.17) is 32.8 Å². The van der Waals surface area contributed by atoms with E-state index < -0.39 is 30.4 Å². The minimum atomic E-state index is -1.42. The van der Waals surface area contributed by atoms with Crippen LogP contribution in [-0.2, 0) is 14.3 Å². The molecule has 0 radical (unpaired) electrons. The molecule has 0 fully saturated rings. The number of ether oxygens (including phenoxy) is 2. The summed E-state index contributed by atoms with van der Waals surface area (Å²) in [6.45, 7) is 1.32. The van der Waals surface area contributed by atoms with Gasteiger partial charge in [0.05, 0.1) is 18.1 Å². The number of unbranched alkanes of at least 4 members (excludes halogenated alkanes) is 3. The Kier molecular flexibility index (Phi) is 18.2. The maximum absolute atomic E-state index is 12.4. The number of nitrogens with one attached hydrogen (secondary N) is 2. The summed E-state index contributed by atoms with van der Waals surface area (Å²) < 4.78 is 9.85. The second-order valence-corrected chi connectivity index (χ2v) is 7.68. The van der Waals surface area contributed by atoms with Gasteiger partial charge >= 0.3 is 12.2 Å². The van der Waals surface area contributed by atoms with Gasteiger partial charge in [0.25, 0.3) is 0 Å². The van der Waals surface area contributed by atoms with Crippen molar-refractivity contribution < 1.29 is 29.0 Å². The van der Waals surface area contributed by atoms with Crippen molar-refractivity contribution in [1.29, 1.82) is 0 Å². The summed E-state index contributed by atoms with van der Waals surface area (Å²) in [4.78, 5) is 35.2. The van der Waals surface area contributed by atoms with E-state index in [-0.39, 0.29) is 19.1 Å². The molecule has 0 spiro atoms. The summed E-state index contributed by atoms with van der Waals surface area (Å²) in [5.74, 6) is -0.307. The topological polar surface area (TPSA) is 218 Å². The zero-order chi connectivity index (χ0) is 24.2. The minimum Gasteiger partial charge on any atom is -0.450 e. The SMILES string of the molecule is NCCCC[C@H](COC(=O)O)NC(=O)OC[C@H](CCCCN)NC(=O)[C@@H](N)CCCCN. The van der Waals surface area contributed by atoms with Gasteiger partial charge < -0.3 is 48.1 Å². The van der Waals surface area contributed by atoms with Crippen LogP contribution in [0.5, 0.6) is 0 Å². The van der Waals surface area contributed by atoms with E-state index >= 15 is 0 Å². The van der Waals surface area contributed by atoms with Crippen molar-refractivity contribution in [3.05, 3.63) is 0 Å². The Hall–Kier alpha value is -2.15. The van der Waals surface area contributed by atoms with Crippen molar-refractivity contribution in [2.24, 2.45) is 22.9 Å². The van der Waals surface area contributed by atoms with Gasteiger partial charge in [-0.3, -0.25) is 4.79 Å². The monoisotopic (exact) mass is 462 g/mol. The number of carbonyl (C=O) groups is 3. The minimum absolute atomic E-state index is 0.0486. The molecule has 0 aliphatic heterocycles. The molecule has 32 heavy (non-hydrogen) atoms. The Morgan fingerprint density at radius 1 is 0.719 bits per heavy atom. The van der Waals surface area contributed by atoms with Gasteiger partial charge in [-0.2, -0.15) is 0 Å². The molecule has 12 heteroatoms. The number of alkyl carbamates (subject to hydrolysis) is 1. The smallest absolute Gasteiger partial charge is 0.450 e. The molecule has 11 N–H and O–H groups in total. The van der Waals surface area contributed by atoms with Gasteiger partial charge in [-0.05, 0) is 58.2 Å². The number of carboxylic acid groups (broad SMARTS) is 1. The maximum Gasteiger partial charge on any atom is 0.505 e. The number of hydrogen-bond donors (Lipinski definition) is 7. The van der Waals surface area contributed by atoms with Crippen LogP contribution in [0, 0.1) is 0 Å². The Labute approximate surface area is 190 Å². The molecule has 0 rings (SSSR count). The van der Waals surface area contributed by atoms with E-state index in [9.17, 15) is 14.4 Å². The van der Waals surface area contributed by atoms with E-state index in [1.807, 2.05) is 0 Å². The van der Waals surface area contributed by atoms with Crippen LogP contribution in [0.3, 0.4) is 0 Å². The van der Waals surface area contributed by atoms with Crippen LogP contribution < -0.4 is 33.6 Å². The first kappa shape index (κ1) is 29.9. The van der Waals surface area contributed by atoms with Crippen LogP contribution in [0.2, 0.25) is 0 Å². The first-order chi connectivity index (χ1) is 15.3. The summed E-state index contributed by atoms with van der Waals surface area (Å²) >= 11 is 0. The highest BCUT2D eigenvalue weighted by Gasteiger charge is 2.20. The highest BCUT2D eigenvalue weighted by Crippen LogP contribution is 2.06. The zero-order valence-corrected chi connectivity index (χ0v) is 18.9. The van der Waals surface area contributed by atoms with Crippen molar-refractivity contribution in [3.63, 3.8) is 0 Å². The fourth-order valence-corrected chi connectivity index (χ4v) is 2.97. The van der Waals surface area contributed by atoms with Crippen molar-refractivity contribution in [2.75, 3.05) is 32.8 Å². The molecule has 0 bridgehead atoms. The van der Waals surface area contributed by atoms with E-state index in [0.29, 0.717) is 45.3 Å². The third kappa shape index (κ3) is 16.5. The number of amides is 2. The first-order valence-electron chi connectivity index (χ1n) is 11.3. The predicted molar refractivity (Wildman–Crippen MR) is 121 cm³/mol. The Balaban J connectivity index is 4.69. The van der Waals surface area contributed by atoms with Crippen molar-refractivity contribution in [2.45, 2.75) is 75.9 Å². The lowest BCUT2D eigenvalue weighted by atomic mass is 10.1. The number of nitrogens with two attached hydrogens (primary N) is 4. The molecule has 0 aliphatic carbocycles. The molecular weight excluding hydrogens is 420 g/mol. The molecule has 0 aromatic heterocycles. The standard InChI is InChI=1S/C20H42N6O6/c21-10-4-1-7-15(25-18(27)17(24)9-3-6-12-23)13-31-19(28)26-16(8-2-5-11-22)14-32-20(29)30/h15-17H,1-14,21-24H2,(H,25,27)(H,26,28)(H,29,30)/t15-,16+,17-/m0/s1. The van der Waals surface area contributed by atoms with Gasteiger partial charge in [-0.15, -0.1) is 0 Å². The Morgan fingerprint density at radius 2 is 1.19 bits per heavy atom. The molecule has 3 atom stereocenters. The predicted octanol–water partition coefficient (Wildman–Crippen LogP) is -0.0251. The molecule has 0 saturated carbocycles. The molecule has 2 amide bonds. The molecule has 0 aromatic carbocycles. The fourth-order valence-electron chi connectivity index (χ4n) is 2.97. The van der Waals surface area contributed by atoms with Gasteiger partial charge in [0.2, 0.25) is 5.91 Å². The lowest BCUT2D eigenvalue weighted by Crippen LogP contribution is -2.48. The fraction of sp³-hybridized carbons (Fsp3) is 0.850. The van der Waals surface area contributed by atoms with Crippen molar-refractivity contribution >= 4 is 18.2 Å². The lowest BCUT2D eigenvalue weighted by Gasteiger charge is -2.22. The third-order valence-electron chi connectivity index (χ3n) is 4.81. The summed E-state index contributed by atoms with van der Waals surface area (Å²) in [6, 6.07) is -1.61. The van der Waals surface area contributed by atoms with E-state index in [1.165, 1.54) is 0 Å². The van der Waals surface area contributed by atoms with Crippen LogP contribution in [0.25, 0.3) is 0 Å². The quantitative estimate of drug-likeness (QED) is 0.100. The average molecular weight is 463 g/mol.